The number of methoxy groups -OCH3 is 1. The third kappa shape index (κ3) is 3.11. The van der Waals surface area contributed by atoms with Crippen molar-refractivity contribution >= 4 is 0 Å². The van der Waals surface area contributed by atoms with Crippen LogP contribution in [0.25, 0.3) is 0 Å². The molecule has 0 amide bonds. The number of nitrogens with one attached hydrogen (secondary N) is 1. The Hall–Kier alpha value is -0.340. The van der Waals surface area contributed by atoms with E-state index in [1.807, 2.05) is 7.11 Å². The summed E-state index contributed by atoms with van der Waals surface area (Å²) in [6.45, 7) is 3.26. The Morgan fingerprint density at radius 2 is 2.18 bits per heavy atom. The predicted octanol–water partition coefficient (Wildman–Crippen LogP) is 3.42. The molecule has 0 heterocycles. The fourth-order valence-electron chi connectivity index (χ4n) is 3.19. The molecular weight excluding hydrogens is 210 g/mol. The highest BCUT2D eigenvalue weighted by Crippen LogP contribution is 2.40. The van der Waals surface area contributed by atoms with E-state index in [0.29, 0.717) is 6.04 Å². The highest BCUT2D eigenvalue weighted by molar-refractivity contribution is 5.15. The van der Waals surface area contributed by atoms with Gasteiger partial charge in [0.15, 0.2) is 0 Å². The van der Waals surface area contributed by atoms with Gasteiger partial charge < -0.3 is 10.1 Å². The largest absolute Gasteiger partial charge is 0.378 e. The Kier molecular flexibility index (Phi) is 4.63. The molecule has 0 aliphatic heterocycles. The zero-order valence-corrected chi connectivity index (χ0v) is 11.4. The van der Waals surface area contributed by atoms with Crippen LogP contribution in [0.15, 0.2) is 11.6 Å². The number of ether oxygens (including phenoxy) is 1. The highest BCUT2D eigenvalue weighted by atomic mass is 16.5. The third-order valence-corrected chi connectivity index (χ3v) is 4.50. The Morgan fingerprint density at radius 1 is 1.35 bits per heavy atom. The number of hydrogen-bond donors (Lipinski definition) is 1. The molecule has 1 N–H and O–H groups in total. The SMILES string of the molecule is CCNC(CC1(OC)CCC1)C1=CCCCC1. The molecule has 0 spiro atoms. The summed E-state index contributed by atoms with van der Waals surface area (Å²) in [5, 5.41) is 3.66. The fourth-order valence-corrected chi connectivity index (χ4v) is 3.19. The Morgan fingerprint density at radius 3 is 2.65 bits per heavy atom. The molecule has 2 heteroatoms. The van der Waals surface area contributed by atoms with Crippen molar-refractivity contribution < 1.29 is 4.74 Å². The van der Waals surface area contributed by atoms with Crippen molar-refractivity contribution in [1.29, 1.82) is 0 Å². The van der Waals surface area contributed by atoms with Crippen LogP contribution in [0.3, 0.4) is 0 Å². The molecule has 0 aromatic rings. The normalized spacial score (nSPS) is 24.9. The Labute approximate surface area is 106 Å². The molecule has 2 aliphatic rings. The lowest BCUT2D eigenvalue weighted by molar-refractivity contribution is -0.0815. The first-order chi connectivity index (χ1) is 8.29. The Bertz CT molecular complexity index is 263. The van der Waals surface area contributed by atoms with Gasteiger partial charge in [-0.3, -0.25) is 0 Å². The van der Waals surface area contributed by atoms with Gasteiger partial charge in [-0.15, -0.1) is 0 Å². The van der Waals surface area contributed by atoms with Crippen LogP contribution >= 0.6 is 0 Å². The lowest BCUT2D eigenvalue weighted by Gasteiger charge is -2.43. The predicted molar refractivity (Wildman–Crippen MR) is 72.2 cm³/mol. The molecule has 98 valence electrons. The van der Waals surface area contributed by atoms with E-state index in [1.54, 1.807) is 5.57 Å². The first-order valence-electron chi connectivity index (χ1n) is 7.27. The van der Waals surface area contributed by atoms with E-state index >= 15 is 0 Å². The van der Waals surface area contributed by atoms with Crippen molar-refractivity contribution in [3.05, 3.63) is 11.6 Å². The summed E-state index contributed by atoms with van der Waals surface area (Å²) in [5.41, 5.74) is 1.83. The second-order valence-electron chi connectivity index (χ2n) is 5.58. The molecule has 1 atom stereocenters. The molecule has 0 radical (unpaired) electrons. The van der Waals surface area contributed by atoms with Gasteiger partial charge in [0, 0.05) is 13.2 Å². The number of allylic oxidation sites excluding steroid dienone is 1. The van der Waals surface area contributed by atoms with Gasteiger partial charge in [0.05, 0.1) is 5.60 Å². The maximum atomic E-state index is 5.77. The van der Waals surface area contributed by atoms with Gasteiger partial charge in [-0.2, -0.15) is 0 Å². The number of rotatable bonds is 6. The quantitative estimate of drug-likeness (QED) is 0.715. The molecule has 1 fully saturated rings. The van der Waals surface area contributed by atoms with E-state index in [2.05, 4.69) is 18.3 Å². The van der Waals surface area contributed by atoms with Crippen LogP contribution in [0.4, 0.5) is 0 Å². The lowest BCUT2D eigenvalue weighted by atomic mass is 9.74. The van der Waals surface area contributed by atoms with Crippen LogP contribution in [0.5, 0.6) is 0 Å². The molecule has 0 aromatic carbocycles. The molecule has 2 rings (SSSR count). The molecule has 17 heavy (non-hydrogen) atoms. The highest BCUT2D eigenvalue weighted by Gasteiger charge is 2.39. The fraction of sp³-hybridized carbons (Fsp3) is 0.867. The monoisotopic (exact) mass is 237 g/mol. The van der Waals surface area contributed by atoms with Crippen molar-refractivity contribution in [2.24, 2.45) is 0 Å². The Balaban J connectivity index is 1.98. The van der Waals surface area contributed by atoms with Crippen molar-refractivity contribution in [1.82, 2.24) is 5.32 Å². The number of hydrogen-bond acceptors (Lipinski definition) is 2. The van der Waals surface area contributed by atoms with E-state index in [4.69, 9.17) is 4.74 Å². The molecule has 1 saturated carbocycles. The summed E-state index contributed by atoms with van der Waals surface area (Å²) in [4.78, 5) is 0. The second kappa shape index (κ2) is 6.01. The molecular formula is C15H27NO. The molecule has 2 aliphatic carbocycles. The van der Waals surface area contributed by atoms with E-state index in [1.165, 1.54) is 51.4 Å². The van der Waals surface area contributed by atoms with Crippen LogP contribution in [0, 0.1) is 0 Å². The first-order valence-corrected chi connectivity index (χ1v) is 7.27. The smallest absolute Gasteiger partial charge is 0.0696 e. The third-order valence-electron chi connectivity index (χ3n) is 4.50. The zero-order chi connectivity index (χ0) is 12.1. The average Bonchev–Trinajstić information content (AvgIpc) is 2.33. The second-order valence-corrected chi connectivity index (χ2v) is 5.58. The van der Waals surface area contributed by atoms with Gasteiger partial charge in [0.25, 0.3) is 0 Å². The van der Waals surface area contributed by atoms with Crippen LogP contribution < -0.4 is 5.32 Å². The maximum absolute atomic E-state index is 5.77. The standard InChI is InChI=1S/C15H27NO/c1-3-16-14(13-8-5-4-6-9-13)12-15(17-2)10-7-11-15/h8,14,16H,3-7,9-12H2,1-2H3. The van der Waals surface area contributed by atoms with E-state index < -0.39 is 0 Å². The van der Waals surface area contributed by atoms with Gasteiger partial charge in [-0.25, -0.2) is 0 Å². The average molecular weight is 237 g/mol. The van der Waals surface area contributed by atoms with Gasteiger partial charge >= 0.3 is 0 Å². The summed E-state index contributed by atoms with van der Waals surface area (Å²) in [5.74, 6) is 0. The van der Waals surface area contributed by atoms with Crippen LogP contribution in [0.1, 0.15) is 58.3 Å². The number of likely N-dealkylation sites (N-methyl/N-ethyl adjacent to an activating group) is 1. The van der Waals surface area contributed by atoms with Crippen molar-refractivity contribution in [2.75, 3.05) is 13.7 Å². The van der Waals surface area contributed by atoms with Gasteiger partial charge in [0.1, 0.15) is 0 Å². The topological polar surface area (TPSA) is 21.3 Å². The molecule has 1 unspecified atom stereocenters. The van der Waals surface area contributed by atoms with Crippen molar-refractivity contribution in [2.45, 2.75) is 69.9 Å². The van der Waals surface area contributed by atoms with E-state index in [0.717, 1.165) is 6.54 Å². The van der Waals surface area contributed by atoms with Crippen molar-refractivity contribution in [3.8, 4) is 0 Å². The van der Waals surface area contributed by atoms with Crippen LogP contribution in [-0.2, 0) is 4.74 Å². The molecule has 0 bridgehead atoms. The van der Waals surface area contributed by atoms with Gasteiger partial charge in [0.2, 0.25) is 0 Å². The first kappa shape index (κ1) is 13.1. The zero-order valence-electron chi connectivity index (χ0n) is 11.4. The summed E-state index contributed by atoms with van der Waals surface area (Å²) < 4.78 is 5.77. The molecule has 0 aromatic heterocycles. The van der Waals surface area contributed by atoms with Gasteiger partial charge in [-0.1, -0.05) is 18.6 Å². The lowest BCUT2D eigenvalue weighted by Crippen LogP contribution is -2.46. The van der Waals surface area contributed by atoms with Crippen molar-refractivity contribution in [3.63, 3.8) is 0 Å². The molecule has 2 nitrogen and oxygen atoms in total. The maximum Gasteiger partial charge on any atom is 0.0696 e. The van der Waals surface area contributed by atoms with Crippen LogP contribution in [-0.4, -0.2) is 25.3 Å². The minimum atomic E-state index is 0.186. The van der Waals surface area contributed by atoms with Gasteiger partial charge in [-0.05, 0) is 57.9 Å². The van der Waals surface area contributed by atoms with E-state index in [9.17, 15) is 0 Å². The summed E-state index contributed by atoms with van der Waals surface area (Å²) >= 11 is 0. The summed E-state index contributed by atoms with van der Waals surface area (Å²) in [6, 6.07) is 0.556. The minimum Gasteiger partial charge on any atom is -0.378 e. The van der Waals surface area contributed by atoms with E-state index in [-0.39, 0.29) is 5.60 Å². The summed E-state index contributed by atoms with van der Waals surface area (Å²) in [7, 11) is 1.89. The summed E-state index contributed by atoms with van der Waals surface area (Å²) in [6.07, 6.45) is 12.8. The molecule has 0 saturated heterocycles. The minimum absolute atomic E-state index is 0.186. The van der Waals surface area contributed by atoms with Crippen LogP contribution in [0.2, 0.25) is 0 Å².